The zero-order valence-corrected chi connectivity index (χ0v) is 12.0. The summed E-state index contributed by atoms with van der Waals surface area (Å²) in [5, 5.41) is 6.80. The average molecular weight is 252 g/mol. The van der Waals surface area contributed by atoms with Crippen molar-refractivity contribution < 1.29 is 9.32 Å². The lowest BCUT2D eigenvalue weighted by atomic mass is 9.78. The third-order valence-corrected chi connectivity index (χ3v) is 4.15. The van der Waals surface area contributed by atoms with E-state index in [0.29, 0.717) is 5.69 Å². The van der Waals surface area contributed by atoms with Crippen LogP contribution in [0.3, 0.4) is 0 Å². The average Bonchev–Trinajstić information content (AvgIpc) is 2.86. The molecule has 1 heterocycles. The summed E-state index contributed by atoms with van der Waals surface area (Å²) in [5.41, 5.74) is 0.487. The lowest BCUT2D eigenvalue weighted by Crippen LogP contribution is -2.44. The number of nitrogens with zero attached hydrogens (tertiary/aromatic N) is 1. The van der Waals surface area contributed by atoms with Crippen molar-refractivity contribution in [3.05, 3.63) is 17.5 Å². The number of amides is 1. The largest absolute Gasteiger partial charge is 0.361 e. The molecule has 0 aliphatic carbocycles. The molecule has 0 aromatic carbocycles. The van der Waals surface area contributed by atoms with Gasteiger partial charge in [-0.2, -0.15) is 0 Å². The van der Waals surface area contributed by atoms with E-state index in [0.717, 1.165) is 25.0 Å². The Morgan fingerprint density at radius 1 is 1.44 bits per heavy atom. The van der Waals surface area contributed by atoms with Crippen molar-refractivity contribution in [1.29, 1.82) is 0 Å². The van der Waals surface area contributed by atoms with Crippen LogP contribution in [0.15, 0.2) is 10.6 Å². The van der Waals surface area contributed by atoms with Gasteiger partial charge in [0.1, 0.15) is 5.76 Å². The molecule has 0 aliphatic rings. The first-order chi connectivity index (χ1) is 8.46. The lowest BCUT2D eigenvalue weighted by Gasteiger charge is -2.34. The third kappa shape index (κ3) is 3.12. The quantitative estimate of drug-likeness (QED) is 0.846. The highest BCUT2D eigenvalue weighted by Crippen LogP contribution is 2.29. The van der Waals surface area contributed by atoms with E-state index in [2.05, 4.69) is 31.2 Å². The van der Waals surface area contributed by atoms with Crippen LogP contribution < -0.4 is 5.32 Å². The van der Waals surface area contributed by atoms with Gasteiger partial charge in [0.2, 0.25) is 0 Å². The first-order valence-electron chi connectivity index (χ1n) is 6.73. The van der Waals surface area contributed by atoms with E-state index >= 15 is 0 Å². The number of hydrogen-bond donors (Lipinski definition) is 1. The first-order valence-corrected chi connectivity index (χ1v) is 6.73. The molecule has 0 radical (unpaired) electrons. The Labute approximate surface area is 109 Å². The van der Waals surface area contributed by atoms with Gasteiger partial charge in [0.05, 0.1) is 0 Å². The fraction of sp³-hybridized carbons (Fsp3) is 0.714. The summed E-state index contributed by atoms with van der Waals surface area (Å²) in [6, 6.07) is 1.82. The zero-order chi connectivity index (χ0) is 13.8. The van der Waals surface area contributed by atoms with Crippen LogP contribution in [0.5, 0.6) is 0 Å². The summed E-state index contributed by atoms with van der Waals surface area (Å²) in [6.45, 7) is 10.5. The maximum atomic E-state index is 12.0. The fourth-order valence-electron chi connectivity index (χ4n) is 1.89. The molecule has 0 bridgehead atoms. The second-order valence-electron chi connectivity index (χ2n) is 5.09. The summed E-state index contributed by atoms with van der Waals surface area (Å²) >= 11 is 0. The van der Waals surface area contributed by atoms with Crippen LogP contribution in [0.2, 0.25) is 0 Å². The van der Waals surface area contributed by atoms with E-state index in [9.17, 15) is 4.79 Å². The van der Waals surface area contributed by atoms with Gasteiger partial charge in [-0.3, -0.25) is 4.79 Å². The molecule has 4 heteroatoms. The predicted octanol–water partition coefficient (Wildman–Crippen LogP) is 3.18. The Kier molecular flexibility index (Phi) is 4.93. The van der Waals surface area contributed by atoms with E-state index in [1.54, 1.807) is 6.07 Å². The molecule has 1 atom stereocenters. The molecule has 0 aliphatic heterocycles. The SMILES string of the molecule is CCc1cc(C(=O)NC(C)C(C)(CC)CC)no1. The van der Waals surface area contributed by atoms with Gasteiger partial charge >= 0.3 is 0 Å². The number of nitrogens with one attached hydrogen (secondary N) is 1. The Hall–Kier alpha value is -1.32. The predicted molar refractivity (Wildman–Crippen MR) is 71.5 cm³/mol. The highest BCUT2D eigenvalue weighted by Gasteiger charge is 2.29. The summed E-state index contributed by atoms with van der Waals surface area (Å²) in [5.74, 6) is 0.584. The molecule has 1 unspecified atom stereocenters. The molecule has 18 heavy (non-hydrogen) atoms. The van der Waals surface area contributed by atoms with Crippen molar-refractivity contribution in [1.82, 2.24) is 10.5 Å². The van der Waals surface area contributed by atoms with Crippen LogP contribution in [-0.2, 0) is 6.42 Å². The molecule has 0 saturated heterocycles. The van der Waals surface area contributed by atoms with Crippen LogP contribution in [0.25, 0.3) is 0 Å². The molecule has 1 rings (SSSR count). The van der Waals surface area contributed by atoms with Crippen molar-refractivity contribution in [2.24, 2.45) is 5.41 Å². The minimum atomic E-state index is -0.154. The molecule has 102 valence electrons. The summed E-state index contributed by atoms with van der Waals surface area (Å²) in [6.07, 6.45) is 2.81. The molecule has 0 spiro atoms. The zero-order valence-electron chi connectivity index (χ0n) is 12.0. The van der Waals surface area contributed by atoms with Gasteiger partial charge in [-0.15, -0.1) is 0 Å². The van der Waals surface area contributed by atoms with E-state index in [1.165, 1.54) is 0 Å². The minimum absolute atomic E-state index is 0.113. The van der Waals surface area contributed by atoms with E-state index < -0.39 is 0 Å². The van der Waals surface area contributed by atoms with Crippen LogP contribution >= 0.6 is 0 Å². The molecule has 1 amide bonds. The Bertz CT molecular complexity index is 394. The van der Waals surface area contributed by atoms with Crippen molar-refractivity contribution >= 4 is 5.91 Å². The van der Waals surface area contributed by atoms with Crippen molar-refractivity contribution in [3.63, 3.8) is 0 Å². The topological polar surface area (TPSA) is 55.1 Å². The number of aryl methyl sites for hydroxylation is 1. The highest BCUT2D eigenvalue weighted by atomic mass is 16.5. The van der Waals surface area contributed by atoms with E-state index in [1.807, 2.05) is 13.8 Å². The Balaban J connectivity index is 2.70. The number of aromatic nitrogens is 1. The highest BCUT2D eigenvalue weighted by molar-refractivity contribution is 5.92. The van der Waals surface area contributed by atoms with Crippen LogP contribution in [0, 0.1) is 5.41 Å². The Morgan fingerprint density at radius 3 is 2.50 bits per heavy atom. The van der Waals surface area contributed by atoms with Crippen molar-refractivity contribution in [3.8, 4) is 0 Å². The molecular formula is C14H24N2O2. The smallest absolute Gasteiger partial charge is 0.273 e. The van der Waals surface area contributed by atoms with E-state index in [4.69, 9.17) is 4.52 Å². The molecule has 1 N–H and O–H groups in total. The third-order valence-electron chi connectivity index (χ3n) is 4.15. The van der Waals surface area contributed by atoms with Gasteiger partial charge in [0, 0.05) is 18.5 Å². The molecule has 0 saturated carbocycles. The second kappa shape index (κ2) is 6.03. The van der Waals surface area contributed by atoms with Crippen molar-refractivity contribution in [2.75, 3.05) is 0 Å². The van der Waals surface area contributed by atoms with Gasteiger partial charge < -0.3 is 9.84 Å². The summed E-state index contributed by atoms with van der Waals surface area (Å²) in [7, 11) is 0. The lowest BCUT2D eigenvalue weighted by molar-refractivity contribution is 0.0880. The van der Waals surface area contributed by atoms with Gasteiger partial charge in [0.15, 0.2) is 5.69 Å². The van der Waals surface area contributed by atoms with Gasteiger partial charge in [0.25, 0.3) is 5.91 Å². The van der Waals surface area contributed by atoms with Crippen LogP contribution in [0.1, 0.15) is 63.7 Å². The normalized spacial score (nSPS) is 13.4. The maximum Gasteiger partial charge on any atom is 0.273 e. The summed E-state index contributed by atoms with van der Waals surface area (Å²) < 4.78 is 5.04. The number of rotatable bonds is 6. The maximum absolute atomic E-state index is 12.0. The molecule has 0 fully saturated rings. The number of carbonyl (C=O) groups is 1. The van der Waals surface area contributed by atoms with Crippen molar-refractivity contribution in [2.45, 2.75) is 59.9 Å². The second-order valence-corrected chi connectivity index (χ2v) is 5.09. The number of carbonyl (C=O) groups excluding carboxylic acids is 1. The molecule has 1 aromatic rings. The first kappa shape index (κ1) is 14.7. The fourth-order valence-corrected chi connectivity index (χ4v) is 1.89. The van der Waals surface area contributed by atoms with E-state index in [-0.39, 0.29) is 17.4 Å². The molecular weight excluding hydrogens is 228 g/mol. The van der Waals surface area contributed by atoms with Crippen LogP contribution in [-0.4, -0.2) is 17.1 Å². The van der Waals surface area contributed by atoms with Gasteiger partial charge in [-0.05, 0) is 25.2 Å². The Morgan fingerprint density at radius 2 is 2.06 bits per heavy atom. The molecule has 4 nitrogen and oxygen atoms in total. The standard InChI is InChI=1S/C14H24N2O2/c1-6-11-9-12(16-18-11)13(17)15-10(4)14(5,7-2)8-3/h9-10H,6-8H2,1-5H3,(H,15,17). The summed E-state index contributed by atoms with van der Waals surface area (Å²) in [4.78, 5) is 12.0. The monoisotopic (exact) mass is 252 g/mol. The van der Waals surface area contributed by atoms with Crippen LogP contribution in [0.4, 0.5) is 0 Å². The van der Waals surface area contributed by atoms with Gasteiger partial charge in [-0.1, -0.05) is 32.9 Å². The molecule has 1 aromatic heterocycles. The number of hydrogen-bond acceptors (Lipinski definition) is 3. The minimum Gasteiger partial charge on any atom is -0.361 e. The van der Waals surface area contributed by atoms with Gasteiger partial charge in [-0.25, -0.2) is 0 Å².